The van der Waals surface area contributed by atoms with E-state index in [0.717, 1.165) is 106 Å². The standard InChI is InChI=1S/C63H88N2O3/c1-13-47(4)25-16-26-48(5)27-17-28-49(6)29-18-30-50(7)31-19-32-51(8)33-20-34-52(9)35-21-36-53(10)37-22-38-54(11)39-23-40-55(12)45-65-60(59(46(2)3)62(67)64-63(65)68)61(66)58-44-24-42-56-41-14-15-43-57(56)58/h13-15,24,26,28,30,32,34,36,38,40-44,46H,16-23,25,27,29,31,33,35,37,39,45H2,1-12H3,(H,64,67,68)/b47-13+,48-26+,49-28+,50-30+,51-32+,52-34+,53-36+,54-38+,55-40+. The highest BCUT2D eigenvalue weighted by atomic mass is 16.2. The van der Waals surface area contributed by atoms with E-state index in [1.54, 1.807) is 6.07 Å². The minimum Gasteiger partial charge on any atom is -0.287 e. The Morgan fingerprint density at radius 1 is 0.500 bits per heavy atom. The third-order valence-electron chi connectivity index (χ3n) is 13.2. The zero-order valence-electron chi connectivity index (χ0n) is 44.5. The van der Waals surface area contributed by atoms with Crippen molar-refractivity contribution in [3.05, 3.63) is 185 Å². The van der Waals surface area contributed by atoms with Crippen molar-refractivity contribution in [2.45, 2.75) is 198 Å². The summed E-state index contributed by atoms with van der Waals surface area (Å²) in [4.78, 5) is 43.2. The van der Waals surface area contributed by atoms with Crippen molar-refractivity contribution in [2.75, 3.05) is 0 Å². The summed E-state index contributed by atoms with van der Waals surface area (Å²) >= 11 is 0. The molecular formula is C63H88N2O3. The molecule has 68 heavy (non-hydrogen) atoms. The molecule has 1 aromatic heterocycles. The Morgan fingerprint density at radius 3 is 1.24 bits per heavy atom. The van der Waals surface area contributed by atoms with E-state index in [2.05, 4.69) is 122 Å². The van der Waals surface area contributed by atoms with E-state index < -0.39 is 11.2 Å². The second kappa shape index (κ2) is 31.0. The summed E-state index contributed by atoms with van der Waals surface area (Å²) in [5, 5.41) is 1.73. The van der Waals surface area contributed by atoms with Crippen molar-refractivity contribution in [3.8, 4) is 0 Å². The molecule has 0 amide bonds. The predicted molar refractivity (Wildman–Crippen MR) is 296 cm³/mol. The number of rotatable bonds is 29. The van der Waals surface area contributed by atoms with E-state index in [9.17, 15) is 14.4 Å². The second-order valence-corrected chi connectivity index (χ2v) is 20.0. The number of nitrogens with one attached hydrogen (secondary N) is 1. The van der Waals surface area contributed by atoms with Gasteiger partial charge < -0.3 is 0 Å². The van der Waals surface area contributed by atoms with Crippen LogP contribution in [0.25, 0.3) is 10.8 Å². The second-order valence-electron chi connectivity index (χ2n) is 20.0. The molecule has 1 N–H and O–H groups in total. The van der Waals surface area contributed by atoms with Gasteiger partial charge in [-0.05, 0) is 189 Å². The van der Waals surface area contributed by atoms with Crippen LogP contribution in [0.2, 0.25) is 0 Å². The number of benzene rings is 2. The van der Waals surface area contributed by atoms with Crippen molar-refractivity contribution in [1.82, 2.24) is 9.55 Å². The molecule has 0 fully saturated rings. The molecule has 0 saturated heterocycles. The zero-order valence-corrected chi connectivity index (χ0v) is 44.5. The highest BCUT2D eigenvalue weighted by Gasteiger charge is 2.25. The fraction of sp³-hybridized carbons (Fsp3) is 0.476. The van der Waals surface area contributed by atoms with Gasteiger partial charge in [-0.1, -0.05) is 161 Å². The SMILES string of the molecule is C/C=C(\C)CC/C=C(\C)CC/C=C(\C)CC/C=C(\C)CC/C=C(\C)CC/C=C(\C)CC/C=C(\C)CC/C=C(\C)CC/C=C(\C)Cn1c(C(=O)c2cccc3ccccc23)c(C(C)C)c(=O)[nH]c1=O. The smallest absolute Gasteiger partial charge is 0.287 e. The monoisotopic (exact) mass is 921 g/mol. The lowest BCUT2D eigenvalue weighted by molar-refractivity contribution is 0.102. The Morgan fingerprint density at radius 2 is 0.853 bits per heavy atom. The van der Waals surface area contributed by atoms with Crippen LogP contribution in [0, 0.1) is 0 Å². The number of hydrogen-bond donors (Lipinski definition) is 1. The van der Waals surface area contributed by atoms with Crippen LogP contribution >= 0.6 is 0 Å². The van der Waals surface area contributed by atoms with Gasteiger partial charge in [0.1, 0.15) is 5.69 Å². The summed E-state index contributed by atoms with van der Waals surface area (Å²) < 4.78 is 1.46. The van der Waals surface area contributed by atoms with Gasteiger partial charge in [-0.3, -0.25) is 19.1 Å². The van der Waals surface area contributed by atoms with Gasteiger partial charge in [0.25, 0.3) is 5.56 Å². The number of ketones is 1. The highest BCUT2D eigenvalue weighted by Crippen LogP contribution is 2.25. The Labute approximate surface area is 412 Å². The van der Waals surface area contributed by atoms with E-state index in [0.29, 0.717) is 11.1 Å². The van der Waals surface area contributed by atoms with Gasteiger partial charge in [0.15, 0.2) is 0 Å². The van der Waals surface area contributed by atoms with Gasteiger partial charge >= 0.3 is 5.69 Å². The number of allylic oxidation sites excluding steroid dienone is 18. The number of carbonyl (C=O) groups excluding carboxylic acids is 1. The molecule has 0 aliphatic carbocycles. The number of aromatic amines is 1. The maximum atomic E-state index is 14.3. The molecule has 0 radical (unpaired) electrons. The first-order chi connectivity index (χ1) is 32.5. The Kier molecular flexibility index (Phi) is 26.0. The zero-order chi connectivity index (χ0) is 50.0. The molecule has 3 aromatic rings. The Bertz CT molecular complexity index is 2510. The summed E-state index contributed by atoms with van der Waals surface area (Å²) in [6.45, 7) is 26.2. The van der Waals surface area contributed by atoms with Crippen LogP contribution in [-0.2, 0) is 6.54 Å². The maximum absolute atomic E-state index is 14.3. The molecule has 0 bridgehead atoms. The number of carbonyl (C=O) groups is 1. The minimum atomic E-state index is -0.565. The number of aromatic nitrogens is 2. The maximum Gasteiger partial charge on any atom is 0.329 e. The predicted octanol–water partition coefficient (Wildman–Crippen LogP) is 17.8. The lowest BCUT2D eigenvalue weighted by Gasteiger charge is -2.18. The first-order valence-electron chi connectivity index (χ1n) is 25.8. The number of hydrogen-bond acceptors (Lipinski definition) is 3. The number of nitrogens with zero attached hydrogens (tertiary/aromatic N) is 1. The van der Waals surface area contributed by atoms with Crippen LogP contribution in [0.3, 0.4) is 0 Å². The van der Waals surface area contributed by atoms with Crippen LogP contribution in [0.5, 0.6) is 0 Å². The van der Waals surface area contributed by atoms with Gasteiger partial charge in [-0.25, -0.2) is 4.79 Å². The van der Waals surface area contributed by atoms with E-state index in [-0.39, 0.29) is 23.9 Å². The van der Waals surface area contributed by atoms with Crippen molar-refractivity contribution in [2.24, 2.45) is 0 Å². The van der Waals surface area contributed by atoms with Crippen molar-refractivity contribution < 1.29 is 4.79 Å². The average Bonchev–Trinajstić information content (AvgIpc) is 3.29. The number of H-pyrrole nitrogens is 1. The molecular weight excluding hydrogens is 833 g/mol. The molecule has 0 aliphatic heterocycles. The quantitative estimate of drug-likeness (QED) is 0.0557. The lowest BCUT2D eigenvalue weighted by atomic mass is 9.94. The van der Waals surface area contributed by atoms with Gasteiger partial charge in [0, 0.05) is 17.7 Å². The first-order valence-corrected chi connectivity index (χ1v) is 25.8. The third kappa shape index (κ3) is 20.9. The van der Waals surface area contributed by atoms with Crippen LogP contribution in [0.4, 0.5) is 0 Å². The lowest BCUT2D eigenvalue weighted by Crippen LogP contribution is -2.38. The van der Waals surface area contributed by atoms with Gasteiger partial charge in [-0.15, -0.1) is 0 Å². The van der Waals surface area contributed by atoms with E-state index in [1.165, 1.54) is 62.0 Å². The van der Waals surface area contributed by atoms with Crippen LogP contribution < -0.4 is 11.2 Å². The van der Waals surface area contributed by atoms with Crippen LogP contribution in [-0.4, -0.2) is 15.3 Å². The van der Waals surface area contributed by atoms with E-state index in [1.807, 2.05) is 57.2 Å². The largest absolute Gasteiger partial charge is 0.329 e. The normalized spacial score (nSPS) is 14.2. The van der Waals surface area contributed by atoms with Crippen molar-refractivity contribution >= 4 is 16.6 Å². The molecule has 0 aliphatic rings. The molecule has 2 aromatic carbocycles. The van der Waals surface area contributed by atoms with Crippen molar-refractivity contribution in [3.63, 3.8) is 0 Å². The van der Waals surface area contributed by atoms with Gasteiger partial charge in [0.2, 0.25) is 5.78 Å². The molecule has 0 unspecified atom stereocenters. The molecule has 1 heterocycles. The summed E-state index contributed by atoms with van der Waals surface area (Å²) in [6, 6.07) is 13.3. The van der Waals surface area contributed by atoms with Crippen molar-refractivity contribution in [1.29, 1.82) is 0 Å². The minimum absolute atomic E-state index is 0.173. The summed E-state index contributed by atoms with van der Waals surface area (Å²) in [7, 11) is 0. The Balaban J connectivity index is 1.38. The Hall–Kier alpha value is -5.29. The molecule has 368 valence electrons. The van der Waals surface area contributed by atoms with E-state index in [4.69, 9.17) is 0 Å². The first kappa shape index (κ1) is 57.0. The summed E-state index contributed by atoms with van der Waals surface area (Å²) in [6.07, 6.45) is 38.8. The molecule has 3 rings (SSSR count). The average molecular weight is 921 g/mol. The van der Waals surface area contributed by atoms with E-state index >= 15 is 0 Å². The number of fused-ring (bicyclic) bond motifs is 1. The molecule has 5 heteroatoms. The topological polar surface area (TPSA) is 71.9 Å². The molecule has 5 nitrogen and oxygen atoms in total. The van der Waals surface area contributed by atoms with Gasteiger partial charge in [0.05, 0.1) is 0 Å². The van der Waals surface area contributed by atoms with Gasteiger partial charge in [-0.2, -0.15) is 0 Å². The molecule has 0 saturated carbocycles. The third-order valence-corrected chi connectivity index (χ3v) is 13.2. The van der Waals surface area contributed by atoms with Crippen LogP contribution in [0.15, 0.2) is 157 Å². The summed E-state index contributed by atoms with van der Waals surface area (Å²) in [5.41, 5.74) is 12.7. The molecule has 0 spiro atoms. The highest BCUT2D eigenvalue weighted by molar-refractivity contribution is 6.16. The summed E-state index contributed by atoms with van der Waals surface area (Å²) in [5.74, 6) is -0.559. The fourth-order valence-corrected chi connectivity index (χ4v) is 8.61. The fourth-order valence-electron chi connectivity index (χ4n) is 8.61. The molecule has 0 atom stereocenters. The van der Waals surface area contributed by atoms with Crippen LogP contribution in [0.1, 0.15) is 213 Å².